The molecule has 0 aliphatic rings. The highest BCUT2D eigenvalue weighted by Crippen LogP contribution is 2.24. The summed E-state index contributed by atoms with van der Waals surface area (Å²) < 4.78 is 5.75. The van der Waals surface area contributed by atoms with E-state index in [-0.39, 0.29) is 0 Å². The van der Waals surface area contributed by atoms with E-state index in [0.717, 1.165) is 35.7 Å². The van der Waals surface area contributed by atoms with Gasteiger partial charge < -0.3 is 14.8 Å². The van der Waals surface area contributed by atoms with E-state index in [0.29, 0.717) is 0 Å². The topological polar surface area (TPSA) is 45.4 Å². The van der Waals surface area contributed by atoms with E-state index < -0.39 is 6.10 Å². The van der Waals surface area contributed by atoms with Gasteiger partial charge in [-0.05, 0) is 31.2 Å². The van der Waals surface area contributed by atoms with Gasteiger partial charge >= 0.3 is 0 Å². The Morgan fingerprint density at radius 3 is 2.50 bits per heavy atom. The molecule has 1 aromatic heterocycles. The normalized spacial score (nSPS) is 12.6. The van der Waals surface area contributed by atoms with Crippen molar-refractivity contribution in [2.75, 3.05) is 6.54 Å². The number of nitrogens with one attached hydrogen (secondary N) is 1. The van der Waals surface area contributed by atoms with E-state index in [2.05, 4.69) is 12.2 Å². The monoisotopic (exact) mass is 245 g/mol. The fraction of sp³-hybridized carbons (Fsp3) is 0.333. The maximum Gasteiger partial charge on any atom is 0.134 e. The summed E-state index contributed by atoms with van der Waals surface area (Å²) in [6.45, 7) is 5.51. The molecule has 0 saturated heterocycles. The second-order valence-corrected chi connectivity index (χ2v) is 4.34. The molecule has 2 N–H and O–H groups in total. The summed E-state index contributed by atoms with van der Waals surface area (Å²) in [5.74, 6) is 1.80. The Kier molecular flexibility index (Phi) is 4.18. The number of hydrogen-bond acceptors (Lipinski definition) is 3. The molecule has 0 fully saturated rings. The Labute approximate surface area is 107 Å². The van der Waals surface area contributed by atoms with Crippen molar-refractivity contribution in [3.8, 4) is 11.3 Å². The minimum atomic E-state index is -0.431. The molecular weight excluding hydrogens is 226 g/mol. The van der Waals surface area contributed by atoms with Crippen molar-refractivity contribution in [3.05, 3.63) is 47.7 Å². The molecule has 0 spiro atoms. The molecule has 18 heavy (non-hydrogen) atoms. The smallest absolute Gasteiger partial charge is 0.134 e. The summed E-state index contributed by atoms with van der Waals surface area (Å²) in [6, 6.07) is 11.7. The van der Waals surface area contributed by atoms with Crippen molar-refractivity contribution < 1.29 is 9.52 Å². The summed E-state index contributed by atoms with van der Waals surface area (Å²) in [5, 5.41) is 12.7. The second kappa shape index (κ2) is 5.85. The van der Waals surface area contributed by atoms with Crippen LogP contribution in [0.1, 0.15) is 31.3 Å². The van der Waals surface area contributed by atoms with Crippen LogP contribution in [0.5, 0.6) is 0 Å². The van der Waals surface area contributed by atoms with Crippen LogP contribution in [0.4, 0.5) is 0 Å². The van der Waals surface area contributed by atoms with Crippen LogP contribution in [0, 0.1) is 0 Å². The first-order valence-corrected chi connectivity index (χ1v) is 6.28. The number of aliphatic hydroxyl groups excluding tert-OH is 1. The molecule has 0 bridgehead atoms. The maximum atomic E-state index is 9.45. The van der Waals surface area contributed by atoms with E-state index >= 15 is 0 Å². The molecule has 96 valence electrons. The van der Waals surface area contributed by atoms with Crippen LogP contribution >= 0.6 is 0 Å². The van der Waals surface area contributed by atoms with Gasteiger partial charge in [0, 0.05) is 5.56 Å². The number of aliphatic hydroxyl groups is 1. The van der Waals surface area contributed by atoms with Gasteiger partial charge in [0.1, 0.15) is 11.5 Å². The first-order chi connectivity index (χ1) is 8.70. The van der Waals surface area contributed by atoms with Gasteiger partial charge in [-0.15, -0.1) is 0 Å². The van der Waals surface area contributed by atoms with Crippen LogP contribution in [0.25, 0.3) is 11.3 Å². The molecule has 1 aromatic carbocycles. The lowest BCUT2D eigenvalue weighted by molar-refractivity contribution is 0.199. The first kappa shape index (κ1) is 12.9. The van der Waals surface area contributed by atoms with Crippen LogP contribution in [0.15, 0.2) is 40.8 Å². The highest BCUT2D eigenvalue weighted by Gasteiger charge is 2.06. The molecule has 3 heteroatoms. The van der Waals surface area contributed by atoms with Crippen LogP contribution in [-0.2, 0) is 6.54 Å². The average molecular weight is 245 g/mol. The fourth-order valence-electron chi connectivity index (χ4n) is 1.80. The number of furan rings is 1. The predicted octanol–water partition coefficient (Wildman–Crippen LogP) is 3.11. The Balaban J connectivity index is 2.13. The minimum Gasteiger partial charge on any atom is -0.460 e. The Morgan fingerprint density at radius 2 is 1.89 bits per heavy atom. The van der Waals surface area contributed by atoms with Crippen molar-refractivity contribution >= 4 is 0 Å². The van der Waals surface area contributed by atoms with Gasteiger partial charge in [-0.1, -0.05) is 31.2 Å². The largest absolute Gasteiger partial charge is 0.460 e. The summed E-state index contributed by atoms with van der Waals surface area (Å²) in [4.78, 5) is 0. The number of rotatable bonds is 5. The quantitative estimate of drug-likeness (QED) is 0.850. The lowest BCUT2D eigenvalue weighted by atomic mass is 10.1. The molecule has 1 atom stereocenters. The van der Waals surface area contributed by atoms with Gasteiger partial charge in [-0.3, -0.25) is 0 Å². The Morgan fingerprint density at radius 1 is 1.17 bits per heavy atom. The highest BCUT2D eigenvalue weighted by molar-refractivity contribution is 5.58. The summed E-state index contributed by atoms with van der Waals surface area (Å²) in [5.41, 5.74) is 1.94. The summed E-state index contributed by atoms with van der Waals surface area (Å²) >= 11 is 0. The lowest BCUT2D eigenvalue weighted by Crippen LogP contribution is -2.10. The first-order valence-electron chi connectivity index (χ1n) is 6.28. The van der Waals surface area contributed by atoms with Crippen molar-refractivity contribution in [3.63, 3.8) is 0 Å². The van der Waals surface area contributed by atoms with Gasteiger partial charge in [0.2, 0.25) is 0 Å². The molecule has 2 rings (SSSR count). The molecule has 0 saturated carbocycles. The third-order valence-electron chi connectivity index (χ3n) is 2.89. The molecule has 1 unspecified atom stereocenters. The van der Waals surface area contributed by atoms with E-state index in [1.165, 1.54) is 0 Å². The van der Waals surface area contributed by atoms with Gasteiger partial charge in [0.25, 0.3) is 0 Å². The highest BCUT2D eigenvalue weighted by atomic mass is 16.3. The van der Waals surface area contributed by atoms with E-state index in [4.69, 9.17) is 4.42 Å². The molecule has 0 aliphatic heterocycles. The second-order valence-electron chi connectivity index (χ2n) is 4.34. The SMILES string of the molecule is CCNCc1ccc(-c2ccc(C(C)O)cc2)o1. The molecule has 0 aliphatic carbocycles. The standard InChI is InChI=1S/C15H19NO2/c1-3-16-10-14-8-9-15(18-14)13-6-4-12(5-7-13)11(2)17/h4-9,11,16-17H,3,10H2,1-2H3. The van der Waals surface area contributed by atoms with Gasteiger partial charge in [0.05, 0.1) is 12.6 Å². The third-order valence-corrected chi connectivity index (χ3v) is 2.89. The van der Waals surface area contributed by atoms with Gasteiger partial charge in [-0.2, -0.15) is 0 Å². The lowest BCUT2D eigenvalue weighted by Gasteiger charge is -2.04. The zero-order chi connectivity index (χ0) is 13.0. The molecule has 0 amide bonds. The van der Waals surface area contributed by atoms with Crippen molar-refractivity contribution in [2.45, 2.75) is 26.5 Å². The zero-order valence-corrected chi connectivity index (χ0v) is 10.8. The molecular formula is C15H19NO2. The number of hydrogen-bond donors (Lipinski definition) is 2. The van der Waals surface area contributed by atoms with Gasteiger partial charge in [0.15, 0.2) is 0 Å². The maximum absolute atomic E-state index is 9.45. The van der Waals surface area contributed by atoms with E-state index in [1.807, 2.05) is 36.4 Å². The molecule has 1 heterocycles. The van der Waals surface area contributed by atoms with Crippen LogP contribution < -0.4 is 5.32 Å². The molecule has 2 aromatic rings. The zero-order valence-electron chi connectivity index (χ0n) is 10.8. The Hall–Kier alpha value is -1.58. The predicted molar refractivity (Wildman–Crippen MR) is 72.2 cm³/mol. The average Bonchev–Trinajstić information content (AvgIpc) is 2.85. The van der Waals surface area contributed by atoms with E-state index in [9.17, 15) is 5.11 Å². The van der Waals surface area contributed by atoms with Crippen LogP contribution in [-0.4, -0.2) is 11.7 Å². The van der Waals surface area contributed by atoms with Crippen molar-refractivity contribution in [1.82, 2.24) is 5.32 Å². The van der Waals surface area contributed by atoms with Crippen molar-refractivity contribution in [2.24, 2.45) is 0 Å². The fourth-order valence-corrected chi connectivity index (χ4v) is 1.80. The van der Waals surface area contributed by atoms with Crippen molar-refractivity contribution in [1.29, 1.82) is 0 Å². The minimum absolute atomic E-state index is 0.431. The molecule has 0 radical (unpaired) electrons. The van der Waals surface area contributed by atoms with Gasteiger partial charge in [-0.25, -0.2) is 0 Å². The summed E-state index contributed by atoms with van der Waals surface area (Å²) in [6.07, 6.45) is -0.431. The Bertz CT molecular complexity index is 485. The van der Waals surface area contributed by atoms with E-state index in [1.54, 1.807) is 6.92 Å². The van der Waals surface area contributed by atoms with Crippen LogP contribution in [0.3, 0.4) is 0 Å². The third kappa shape index (κ3) is 3.00. The molecule has 3 nitrogen and oxygen atoms in total. The van der Waals surface area contributed by atoms with Crippen LogP contribution in [0.2, 0.25) is 0 Å². The number of benzene rings is 1. The summed E-state index contributed by atoms with van der Waals surface area (Å²) in [7, 11) is 0.